The van der Waals surface area contributed by atoms with Crippen LogP contribution in [0.5, 0.6) is 0 Å². The molecule has 0 aromatic rings. The molecule has 1 aliphatic carbocycles. The van der Waals surface area contributed by atoms with Crippen molar-refractivity contribution in [3.63, 3.8) is 0 Å². The van der Waals surface area contributed by atoms with E-state index in [1.807, 2.05) is 14.0 Å². The maximum absolute atomic E-state index is 11.8. The normalized spacial score (nSPS) is 26.4. The van der Waals surface area contributed by atoms with E-state index in [-0.39, 0.29) is 5.92 Å². The highest BCUT2D eigenvalue weighted by Crippen LogP contribution is 2.40. The molecule has 0 bridgehead atoms. The number of hydrogen-bond donors (Lipinski definition) is 2. The molecule has 5 nitrogen and oxygen atoms in total. The van der Waals surface area contributed by atoms with Crippen molar-refractivity contribution in [3.05, 3.63) is 0 Å². The average molecular weight is 284 g/mol. The minimum absolute atomic E-state index is 0.282. The lowest BCUT2D eigenvalue weighted by Crippen LogP contribution is -2.60. The van der Waals surface area contributed by atoms with Gasteiger partial charge >= 0.3 is 5.97 Å². The number of carboxylic acid groups (broad SMARTS) is 1. The van der Waals surface area contributed by atoms with Gasteiger partial charge in [-0.25, -0.2) is 0 Å². The molecule has 116 valence electrons. The molecule has 2 unspecified atom stereocenters. The Bertz CT molecular complexity index is 327. The van der Waals surface area contributed by atoms with Crippen LogP contribution in [0.4, 0.5) is 0 Å². The molecule has 2 N–H and O–H groups in total. The van der Waals surface area contributed by atoms with E-state index >= 15 is 0 Å². The van der Waals surface area contributed by atoms with Crippen LogP contribution >= 0.6 is 0 Å². The molecule has 0 aromatic carbocycles. The zero-order chi connectivity index (χ0) is 14.6. The van der Waals surface area contributed by atoms with Gasteiger partial charge in [0.1, 0.15) is 5.54 Å². The number of carbonyl (C=O) groups is 1. The maximum Gasteiger partial charge on any atom is 0.325 e. The van der Waals surface area contributed by atoms with Gasteiger partial charge in [0, 0.05) is 19.7 Å². The summed E-state index contributed by atoms with van der Waals surface area (Å²) in [6.07, 6.45) is 4.37. The van der Waals surface area contributed by atoms with Crippen molar-refractivity contribution in [3.8, 4) is 0 Å². The molecule has 1 heterocycles. The van der Waals surface area contributed by atoms with Gasteiger partial charge in [-0.1, -0.05) is 6.92 Å². The summed E-state index contributed by atoms with van der Waals surface area (Å²) < 4.78 is 5.51. The summed E-state index contributed by atoms with van der Waals surface area (Å²) in [6, 6.07) is 0. The van der Waals surface area contributed by atoms with Gasteiger partial charge in [-0.3, -0.25) is 4.79 Å². The summed E-state index contributed by atoms with van der Waals surface area (Å²) in [7, 11) is 2.03. The van der Waals surface area contributed by atoms with Gasteiger partial charge in [0.2, 0.25) is 0 Å². The lowest BCUT2D eigenvalue weighted by molar-refractivity contribution is -0.147. The first kappa shape index (κ1) is 15.7. The van der Waals surface area contributed by atoms with Crippen molar-refractivity contribution < 1.29 is 14.6 Å². The quantitative estimate of drug-likeness (QED) is 0.701. The molecule has 0 spiro atoms. The fourth-order valence-corrected chi connectivity index (χ4v) is 3.42. The minimum atomic E-state index is -0.765. The summed E-state index contributed by atoms with van der Waals surface area (Å²) in [6.45, 7) is 5.87. The number of likely N-dealkylation sites (N-methyl/N-ethyl adjacent to an activating group) is 2. The van der Waals surface area contributed by atoms with Crippen LogP contribution in [0.15, 0.2) is 0 Å². The fraction of sp³-hybridized carbons (Fsp3) is 0.933. The molecule has 2 fully saturated rings. The maximum atomic E-state index is 11.8. The Morgan fingerprint density at radius 2 is 2.20 bits per heavy atom. The molecule has 2 rings (SSSR count). The number of nitrogens with zero attached hydrogens (tertiary/aromatic N) is 1. The Morgan fingerprint density at radius 3 is 2.70 bits per heavy atom. The summed E-state index contributed by atoms with van der Waals surface area (Å²) >= 11 is 0. The van der Waals surface area contributed by atoms with Crippen LogP contribution in [0.25, 0.3) is 0 Å². The molecule has 2 atom stereocenters. The highest BCUT2D eigenvalue weighted by Gasteiger charge is 2.51. The third-order valence-electron chi connectivity index (χ3n) is 4.49. The number of rotatable bonds is 8. The molecule has 1 saturated carbocycles. The van der Waals surface area contributed by atoms with Crippen molar-refractivity contribution in [2.75, 3.05) is 39.9 Å². The Labute approximate surface area is 121 Å². The van der Waals surface area contributed by atoms with E-state index in [0.29, 0.717) is 19.0 Å². The smallest absolute Gasteiger partial charge is 0.325 e. The molecule has 1 aliphatic heterocycles. The SMILES string of the molecule is CCNC(CN(C)CC1CCCOC1)(C(=O)O)C1CC1. The van der Waals surface area contributed by atoms with E-state index in [1.165, 1.54) is 6.42 Å². The first-order chi connectivity index (χ1) is 9.58. The summed E-state index contributed by atoms with van der Waals surface area (Å²) in [5, 5.41) is 13.0. The van der Waals surface area contributed by atoms with Crippen molar-refractivity contribution in [1.82, 2.24) is 10.2 Å². The summed E-state index contributed by atoms with van der Waals surface area (Å²) in [4.78, 5) is 14.0. The summed E-state index contributed by atoms with van der Waals surface area (Å²) in [5.74, 6) is 0.125. The van der Waals surface area contributed by atoms with Gasteiger partial charge in [-0.15, -0.1) is 0 Å². The second-order valence-electron chi connectivity index (χ2n) is 6.36. The average Bonchev–Trinajstić information content (AvgIpc) is 3.23. The van der Waals surface area contributed by atoms with Gasteiger partial charge in [0.05, 0.1) is 6.61 Å². The number of hydrogen-bond acceptors (Lipinski definition) is 4. The Hall–Kier alpha value is -0.650. The number of ether oxygens (including phenoxy) is 1. The Kier molecular flexibility index (Phi) is 5.41. The van der Waals surface area contributed by atoms with Gasteiger partial charge in [-0.2, -0.15) is 0 Å². The van der Waals surface area contributed by atoms with E-state index < -0.39 is 11.5 Å². The zero-order valence-electron chi connectivity index (χ0n) is 12.7. The van der Waals surface area contributed by atoms with Crippen LogP contribution in [0.2, 0.25) is 0 Å². The van der Waals surface area contributed by atoms with Gasteiger partial charge in [0.25, 0.3) is 0 Å². The summed E-state index contributed by atoms with van der Waals surface area (Å²) in [5.41, 5.74) is -0.765. The molecular formula is C15H28N2O3. The van der Waals surface area contributed by atoms with Gasteiger partial charge in [-0.05, 0) is 51.1 Å². The Morgan fingerprint density at radius 1 is 1.45 bits per heavy atom. The van der Waals surface area contributed by atoms with Crippen LogP contribution in [0, 0.1) is 11.8 Å². The first-order valence-electron chi connectivity index (χ1n) is 7.83. The third-order valence-corrected chi connectivity index (χ3v) is 4.49. The highest BCUT2D eigenvalue weighted by molar-refractivity contribution is 5.80. The largest absolute Gasteiger partial charge is 0.480 e. The molecule has 2 aliphatic rings. The van der Waals surface area contributed by atoms with E-state index in [2.05, 4.69) is 10.2 Å². The standard InChI is InChI=1S/C15H28N2O3/c1-3-16-15(14(18)19,13-6-7-13)11-17(2)9-12-5-4-8-20-10-12/h12-13,16H,3-11H2,1-2H3,(H,18,19). The molecular weight excluding hydrogens is 256 g/mol. The fourth-order valence-electron chi connectivity index (χ4n) is 3.42. The molecule has 0 amide bonds. The second-order valence-corrected chi connectivity index (χ2v) is 6.36. The van der Waals surface area contributed by atoms with E-state index in [1.54, 1.807) is 0 Å². The van der Waals surface area contributed by atoms with E-state index in [4.69, 9.17) is 4.74 Å². The van der Waals surface area contributed by atoms with Gasteiger partial charge in [0.15, 0.2) is 0 Å². The number of aliphatic carboxylic acids is 1. The van der Waals surface area contributed by atoms with E-state index in [0.717, 1.165) is 39.0 Å². The van der Waals surface area contributed by atoms with Crippen LogP contribution in [0.1, 0.15) is 32.6 Å². The molecule has 20 heavy (non-hydrogen) atoms. The molecule has 1 saturated heterocycles. The number of carboxylic acids is 1. The lowest BCUT2D eigenvalue weighted by atomic mass is 9.91. The van der Waals surface area contributed by atoms with Crippen molar-refractivity contribution in [1.29, 1.82) is 0 Å². The van der Waals surface area contributed by atoms with E-state index in [9.17, 15) is 9.90 Å². The van der Waals surface area contributed by atoms with Crippen molar-refractivity contribution in [2.24, 2.45) is 11.8 Å². The highest BCUT2D eigenvalue weighted by atomic mass is 16.5. The molecule has 0 aromatic heterocycles. The van der Waals surface area contributed by atoms with Gasteiger partial charge < -0.3 is 20.1 Å². The van der Waals surface area contributed by atoms with Crippen molar-refractivity contribution in [2.45, 2.75) is 38.1 Å². The Balaban J connectivity index is 1.93. The van der Waals surface area contributed by atoms with Crippen LogP contribution in [-0.4, -0.2) is 61.4 Å². The lowest BCUT2D eigenvalue weighted by Gasteiger charge is -2.36. The minimum Gasteiger partial charge on any atom is -0.480 e. The second kappa shape index (κ2) is 6.87. The van der Waals surface area contributed by atoms with Crippen molar-refractivity contribution >= 4 is 5.97 Å². The zero-order valence-corrected chi connectivity index (χ0v) is 12.7. The van der Waals surface area contributed by atoms with Crippen LogP contribution < -0.4 is 5.32 Å². The van der Waals surface area contributed by atoms with Crippen LogP contribution in [0.3, 0.4) is 0 Å². The molecule has 0 radical (unpaired) electrons. The topological polar surface area (TPSA) is 61.8 Å². The molecule has 5 heteroatoms. The first-order valence-corrected chi connectivity index (χ1v) is 7.83. The predicted octanol–water partition coefficient (Wildman–Crippen LogP) is 1.19. The third kappa shape index (κ3) is 3.71. The van der Waals surface area contributed by atoms with Crippen LogP contribution in [-0.2, 0) is 9.53 Å². The monoisotopic (exact) mass is 284 g/mol. The predicted molar refractivity (Wildman–Crippen MR) is 77.8 cm³/mol. The number of nitrogens with one attached hydrogen (secondary N) is 1.